The second kappa shape index (κ2) is 8.59. The molecule has 0 amide bonds. The number of hydrogen-bond donors (Lipinski definition) is 2. The van der Waals surface area contributed by atoms with Crippen LogP contribution in [-0.4, -0.2) is 39.9 Å². The lowest BCUT2D eigenvalue weighted by Gasteiger charge is -2.33. The molecule has 4 heterocycles. The Morgan fingerprint density at radius 1 is 1.20 bits per heavy atom. The van der Waals surface area contributed by atoms with Crippen LogP contribution in [0.25, 0.3) is 11.4 Å². The molecule has 1 aliphatic rings. The van der Waals surface area contributed by atoms with E-state index < -0.39 is 0 Å². The van der Waals surface area contributed by atoms with Gasteiger partial charge in [0.15, 0.2) is 5.78 Å². The molecule has 3 aromatic rings. The SMILES string of the molecule is Cc1ccnc(-c2ccc(N)c(C(=O)Cc3cnccc3N3CCC[C@H](N)C3)n2)c1. The van der Waals surface area contributed by atoms with Gasteiger partial charge in [-0.05, 0) is 55.7 Å². The molecule has 0 aliphatic carbocycles. The second-order valence-electron chi connectivity index (χ2n) is 7.81. The average Bonchev–Trinajstić information content (AvgIpc) is 2.74. The van der Waals surface area contributed by atoms with E-state index >= 15 is 0 Å². The van der Waals surface area contributed by atoms with Crippen LogP contribution >= 0.6 is 0 Å². The first-order chi connectivity index (χ1) is 14.5. The van der Waals surface area contributed by atoms with Crippen molar-refractivity contribution in [3.8, 4) is 11.4 Å². The van der Waals surface area contributed by atoms with E-state index in [1.807, 2.05) is 25.1 Å². The molecule has 4 N–H and O–H groups in total. The fourth-order valence-electron chi connectivity index (χ4n) is 3.86. The van der Waals surface area contributed by atoms with Crippen LogP contribution in [0.2, 0.25) is 0 Å². The van der Waals surface area contributed by atoms with Crippen LogP contribution in [0.3, 0.4) is 0 Å². The molecule has 0 radical (unpaired) electrons. The lowest BCUT2D eigenvalue weighted by molar-refractivity contribution is 0.0989. The number of aromatic nitrogens is 3. The van der Waals surface area contributed by atoms with Crippen LogP contribution in [-0.2, 0) is 6.42 Å². The van der Waals surface area contributed by atoms with E-state index in [0.717, 1.165) is 42.7 Å². The molecule has 0 unspecified atom stereocenters. The normalized spacial score (nSPS) is 16.5. The van der Waals surface area contributed by atoms with E-state index in [1.165, 1.54) is 0 Å². The summed E-state index contributed by atoms with van der Waals surface area (Å²) < 4.78 is 0. The molecule has 154 valence electrons. The standard InChI is InChI=1S/C23H26N6O/c1-15-6-9-27-20(11-15)19-5-4-18(25)23(28-19)22(30)12-16-13-26-8-7-21(16)29-10-2-3-17(24)14-29/h4-9,11,13,17H,2-3,10,12,14,24-25H2,1H3/t17-/m0/s1. The van der Waals surface area contributed by atoms with Gasteiger partial charge in [-0.15, -0.1) is 0 Å². The van der Waals surface area contributed by atoms with Crippen molar-refractivity contribution in [2.45, 2.75) is 32.2 Å². The minimum Gasteiger partial charge on any atom is -0.397 e. The van der Waals surface area contributed by atoms with Crippen LogP contribution in [0, 0.1) is 6.92 Å². The Labute approximate surface area is 176 Å². The molecule has 0 spiro atoms. The first-order valence-corrected chi connectivity index (χ1v) is 10.2. The van der Waals surface area contributed by atoms with Crippen molar-refractivity contribution in [2.24, 2.45) is 5.73 Å². The Morgan fingerprint density at radius 2 is 2.07 bits per heavy atom. The van der Waals surface area contributed by atoms with Gasteiger partial charge in [0.1, 0.15) is 5.69 Å². The number of rotatable bonds is 5. The second-order valence-corrected chi connectivity index (χ2v) is 7.81. The third-order valence-electron chi connectivity index (χ3n) is 5.40. The molecule has 0 aromatic carbocycles. The van der Waals surface area contributed by atoms with E-state index in [-0.39, 0.29) is 23.9 Å². The van der Waals surface area contributed by atoms with Gasteiger partial charge >= 0.3 is 0 Å². The van der Waals surface area contributed by atoms with E-state index in [4.69, 9.17) is 11.5 Å². The molecule has 1 atom stereocenters. The molecule has 4 rings (SSSR count). The number of aryl methyl sites for hydroxylation is 1. The van der Waals surface area contributed by atoms with Gasteiger partial charge in [0.25, 0.3) is 0 Å². The fraction of sp³-hybridized carbons (Fsp3) is 0.304. The lowest BCUT2D eigenvalue weighted by Crippen LogP contribution is -2.43. The number of nitrogens with zero attached hydrogens (tertiary/aromatic N) is 4. The molecule has 30 heavy (non-hydrogen) atoms. The first kappa shape index (κ1) is 20.0. The highest BCUT2D eigenvalue weighted by Crippen LogP contribution is 2.26. The van der Waals surface area contributed by atoms with Gasteiger partial charge in [-0.3, -0.25) is 14.8 Å². The van der Waals surface area contributed by atoms with Crippen LogP contribution in [0.1, 0.15) is 34.5 Å². The fourth-order valence-corrected chi connectivity index (χ4v) is 3.86. The van der Waals surface area contributed by atoms with Crippen LogP contribution in [0.15, 0.2) is 48.9 Å². The number of ketones is 1. The van der Waals surface area contributed by atoms with Crippen LogP contribution in [0.5, 0.6) is 0 Å². The summed E-state index contributed by atoms with van der Waals surface area (Å²) in [5, 5.41) is 0. The highest BCUT2D eigenvalue weighted by atomic mass is 16.1. The number of nitrogen functional groups attached to an aromatic ring is 1. The maximum atomic E-state index is 13.2. The molecule has 7 nitrogen and oxygen atoms in total. The summed E-state index contributed by atoms with van der Waals surface area (Å²) in [4.78, 5) is 28.5. The summed E-state index contributed by atoms with van der Waals surface area (Å²) >= 11 is 0. The molecule has 1 aliphatic heterocycles. The topological polar surface area (TPSA) is 111 Å². The molecule has 7 heteroatoms. The molecular weight excluding hydrogens is 376 g/mol. The predicted molar refractivity (Wildman–Crippen MR) is 118 cm³/mol. The zero-order valence-electron chi connectivity index (χ0n) is 17.1. The first-order valence-electron chi connectivity index (χ1n) is 10.2. The maximum absolute atomic E-state index is 13.2. The van der Waals surface area contributed by atoms with E-state index in [2.05, 4.69) is 19.9 Å². The third-order valence-corrected chi connectivity index (χ3v) is 5.40. The zero-order valence-corrected chi connectivity index (χ0v) is 17.1. The van der Waals surface area contributed by atoms with Gasteiger partial charge in [-0.2, -0.15) is 0 Å². The minimum absolute atomic E-state index is 0.141. The van der Waals surface area contributed by atoms with Gasteiger partial charge in [0.2, 0.25) is 0 Å². The Hall–Kier alpha value is -3.32. The number of hydrogen-bond acceptors (Lipinski definition) is 7. The largest absolute Gasteiger partial charge is 0.397 e. The molecule has 1 saturated heterocycles. The van der Waals surface area contributed by atoms with Gasteiger partial charge in [0.05, 0.1) is 17.1 Å². The number of Topliss-reactive ketones (excluding diaryl/α,β-unsaturated/α-hetero) is 1. The third kappa shape index (κ3) is 4.31. The summed E-state index contributed by atoms with van der Waals surface area (Å²) in [7, 11) is 0. The minimum atomic E-state index is -0.141. The Kier molecular flexibility index (Phi) is 5.72. The van der Waals surface area contributed by atoms with Crippen molar-refractivity contribution < 1.29 is 4.79 Å². The summed E-state index contributed by atoms with van der Waals surface area (Å²) in [5.41, 5.74) is 17.2. The predicted octanol–water partition coefficient (Wildman–Crippen LogP) is 2.78. The number of piperidine rings is 1. The maximum Gasteiger partial charge on any atom is 0.187 e. The van der Waals surface area contributed by atoms with Crippen molar-refractivity contribution in [1.82, 2.24) is 15.0 Å². The Bertz CT molecular complexity index is 1070. The van der Waals surface area contributed by atoms with E-state index in [9.17, 15) is 4.79 Å². The Balaban J connectivity index is 1.61. The van der Waals surface area contributed by atoms with E-state index in [1.54, 1.807) is 30.7 Å². The van der Waals surface area contributed by atoms with E-state index in [0.29, 0.717) is 17.1 Å². The number of anilines is 2. The van der Waals surface area contributed by atoms with Crippen molar-refractivity contribution >= 4 is 17.2 Å². The van der Waals surface area contributed by atoms with Gasteiger partial charge < -0.3 is 16.4 Å². The molecule has 1 fully saturated rings. The van der Waals surface area contributed by atoms with Crippen molar-refractivity contribution in [1.29, 1.82) is 0 Å². The molecule has 3 aromatic heterocycles. The highest BCUT2D eigenvalue weighted by molar-refractivity contribution is 6.01. The monoisotopic (exact) mass is 402 g/mol. The molecule has 0 bridgehead atoms. The number of nitrogens with two attached hydrogens (primary N) is 2. The van der Waals surface area contributed by atoms with Crippen molar-refractivity contribution in [3.63, 3.8) is 0 Å². The smallest absolute Gasteiger partial charge is 0.187 e. The summed E-state index contributed by atoms with van der Waals surface area (Å²) in [6.07, 6.45) is 7.47. The Morgan fingerprint density at radius 3 is 2.87 bits per heavy atom. The number of carbonyl (C=O) groups excluding carboxylic acids is 1. The van der Waals surface area contributed by atoms with Crippen LogP contribution < -0.4 is 16.4 Å². The summed E-state index contributed by atoms with van der Waals surface area (Å²) in [6.45, 7) is 3.69. The van der Waals surface area contributed by atoms with Crippen molar-refractivity contribution in [3.05, 3.63) is 65.7 Å². The molecular formula is C23H26N6O. The average molecular weight is 403 g/mol. The lowest BCUT2D eigenvalue weighted by atomic mass is 10.0. The highest BCUT2D eigenvalue weighted by Gasteiger charge is 2.22. The van der Waals surface area contributed by atoms with Gasteiger partial charge in [-0.25, -0.2) is 4.98 Å². The van der Waals surface area contributed by atoms with Gasteiger partial charge in [0, 0.05) is 55.4 Å². The number of carbonyl (C=O) groups is 1. The van der Waals surface area contributed by atoms with Crippen LogP contribution in [0.4, 0.5) is 11.4 Å². The summed E-state index contributed by atoms with van der Waals surface area (Å²) in [6, 6.07) is 9.46. The number of pyridine rings is 3. The van der Waals surface area contributed by atoms with Crippen molar-refractivity contribution in [2.75, 3.05) is 23.7 Å². The quantitative estimate of drug-likeness (QED) is 0.631. The zero-order chi connectivity index (χ0) is 21.1. The summed E-state index contributed by atoms with van der Waals surface area (Å²) in [5.74, 6) is -0.141. The van der Waals surface area contributed by atoms with Gasteiger partial charge in [-0.1, -0.05) is 0 Å². The molecule has 0 saturated carbocycles.